The lowest BCUT2D eigenvalue weighted by Gasteiger charge is -2.13. The third-order valence-electron chi connectivity index (χ3n) is 3.70. The molecule has 1 heterocycles. The second kappa shape index (κ2) is 7.58. The molecule has 0 unspecified atom stereocenters. The summed E-state index contributed by atoms with van der Waals surface area (Å²) in [5.41, 5.74) is -0.380. The van der Waals surface area contributed by atoms with Gasteiger partial charge in [0.1, 0.15) is 0 Å². The Labute approximate surface area is 162 Å². The highest BCUT2D eigenvalue weighted by Gasteiger charge is 2.34. The maximum absolute atomic E-state index is 13.2. The molecule has 0 saturated carbocycles. The number of benzene rings is 2. The van der Waals surface area contributed by atoms with Crippen molar-refractivity contribution in [2.24, 2.45) is 0 Å². The van der Waals surface area contributed by atoms with Crippen LogP contribution in [-0.2, 0) is 6.18 Å². The van der Waals surface area contributed by atoms with Crippen LogP contribution in [-0.4, -0.2) is 10.9 Å². The van der Waals surface area contributed by atoms with Gasteiger partial charge in [0.25, 0.3) is 5.91 Å². The van der Waals surface area contributed by atoms with Gasteiger partial charge >= 0.3 is 6.18 Å². The zero-order valence-electron chi connectivity index (χ0n) is 13.5. The minimum absolute atomic E-state index is 0.0112. The molecule has 0 aliphatic heterocycles. The lowest BCUT2D eigenvalue weighted by molar-refractivity contribution is -0.137. The van der Waals surface area contributed by atoms with Crippen LogP contribution < -0.4 is 5.32 Å². The average Bonchev–Trinajstić information content (AvgIpc) is 2.63. The lowest BCUT2D eigenvalue weighted by Crippen LogP contribution is -2.12. The first-order valence-corrected chi connectivity index (χ1v) is 8.40. The second-order valence-electron chi connectivity index (χ2n) is 5.55. The third kappa shape index (κ3) is 4.40. The summed E-state index contributed by atoms with van der Waals surface area (Å²) in [5.74, 6) is -0.456. The first-order chi connectivity index (χ1) is 12.8. The van der Waals surface area contributed by atoms with Crippen molar-refractivity contribution in [1.82, 2.24) is 4.98 Å². The molecule has 1 aromatic heterocycles. The number of carbonyl (C=O) groups is 1. The zero-order chi connectivity index (χ0) is 19.6. The standard InChI is InChI=1S/C19H11Cl2F3N2O/c20-12-4-6-13(7-5-12)26-18(27)11-3-8-14(16(21)10-11)17-15(19(22,23)24)2-1-9-25-17/h1-10H,(H,26,27). The van der Waals surface area contributed by atoms with Crippen LogP contribution in [0.15, 0.2) is 60.8 Å². The smallest absolute Gasteiger partial charge is 0.322 e. The van der Waals surface area contributed by atoms with Crippen LogP contribution in [0.4, 0.5) is 18.9 Å². The molecule has 0 radical (unpaired) electrons. The molecule has 3 rings (SSSR count). The van der Waals surface area contributed by atoms with E-state index in [-0.39, 0.29) is 21.8 Å². The Kier molecular flexibility index (Phi) is 5.39. The van der Waals surface area contributed by atoms with Gasteiger partial charge in [-0.15, -0.1) is 0 Å². The van der Waals surface area contributed by atoms with Crippen LogP contribution in [0.2, 0.25) is 10.0 Å². The number of halogens is 5. The molecule has 0 spiro atoms. The second-order valence-corrected chi connectivity index (χ2v) is 6.40. The minimum Gasteiger partial charge on any atom is -0.322 e. The number of hydrogen-bond donors (Lipinski definition) is 1. The first-order valence-electron chi connectivity index (χ1n) is 7.65. The molecule has 0 atom stereocenters. The minimum atomic E-state index is -4.57. The normalized spacial score (nSPS) is 11.3. The van der Waals surface area contributed by atoms with Crippen molar-refractivity contribution in [2.75, 3.05) is 5.32 Å². The lowest BCUT2D eigenvalue weighted by atomic mass is 10.0. The number of alkyl halides is 3. The van der Waals surface area contributed by atoms with Crippen molar-refractivity contribution in [3.8, 4) is 11.3 Å². The van der Waals surface area contributed by atoms with E-state index in [1.165, 1.54) is 30.5 Å². The van der Waals surface area contributed by atoms with E-state index < -0.39 is 17.6 Å². The van der Waals surface area contributed by atoms with Gasteiger partial charge in [-0.2, -0.15) is 13.2 Å². The van der Waals surface area contributed by atoms with Gasteiger partial charge in [-0.05, 0) is 48.5 Å². The molecule has 0 aliphatic rings. The predicted molar refractivity (Wildman–Crippen MR) is 99.1 cm³/mol. The topological polar surface area (TPSA) is 42.0 Å². The summed E-state index contributed by atoms with van der Waals surface area (Å²) in [6.07, 6.45) is -3.32. The van der Waals surface area contributed by atoms with E-state index in [0.717, 1.165) is 6.07 Å². The summed E-state index contributed by atoms with van der Waals surface area (Å²) in [6.45, 7) is 0. The average molecular weight is 411 g/mol. The van der Waals surface area contributed by atoms with Crippen molar-refractivity contribution in [3.63, 3.8) is 0 Å². The summed E-state index contributed by atoms with van der Waals surface area (Å²) in [6, 6.07) is 12.7. The molecule has 138 valence electrons. The van der Waals surface area contributed by atoms with E-state index in [1.807, 2.05) is 0 Å². The van der Waals surface area contributed by atoms with Crippen molar-refractivity contribution >= 4 is 34.8 Å². The summed E-state index contributed by atoms with van der Waals surface area (Å²) in [7, 11) is 0. The molecule has 0 bridgehead atoms. The molecule has 27 heavy (non-hydrogen) atoms. The highest BCUT2D eigenvalue weighted by Crippen LogP contribution is 2.38. The predicted octanol–water partition coefficient (Wildman–Crippen LogP) is 6.33. The van der Waals surface area contributed by atoms with Crippen LogP contribution >= 0.6 is 23.2 Å². The molecule has 3 nitrogen and oxygen atoms in total. The molecular formula is C19H11Cl2F3N2O. The van der Waals surface area contributed by atoms with Crippen molar-refractivity contribution in [1.29, 1.82) is 0 Å². The van der Waals surface area contributed by atoms with Gasteiger partial charge in [0.2, 0.25) is 0 Å². The molecule has 0 fully saturated rings. The van der Waals surface area contributed by atoms with Gasteiger partial charge in [-0.1, -0.05) is 29.3 Å². The summed E-state index contributed by atoms with van der Waals surface area (Å²) >= 11 is 11.9. The van der Waals surface area contributed by atoms with Crippen LogP contribution in [0.1, 0.15) is 15.9 Å². The maximum Gasteiger partial charge on any atom is 0.418 e. The van der Waals surface area contributed by atoms with E-state index in [4.69, 9.17) is 23.2 Å². The molecular weight excluding hydrogens is 400 g/mol. The number of amides is 1. The van der Waals surface area contributed by atoms with Crippen LogP contribution in [0.3, 0.4) is 0 Å². The summed E-state index contributed by atoms with van der Waals surface area (Å²) in [4.78, 5) is 16.1. The molecule has 1 amide bonds. The van der Waals surface area contributed by atoms with Crippen molar-refractivity contribution in [2.45, 2.75) is 6.18 Å². The maximum atomic E-state index is 13.2. The summed E-state index contributed by atoms with van der Waals surface area (Å²) < 4.78 is 39.6. The number of carbonyl (C=O) groups excluding carboxylic acids is 1. The number of nitrogens with zero attached hydrogens (tertiary/aromatic N) is 1. The number of hydrogen-bond acceptors (Lipinski definition) is 2. The van der Waals surface area contributed by atoms with E-state index in [2.05, 4.69) is 10.3 Å². The molecule has 0 saturated heterocycles. The van der Waals surface area contributed by atoms with Crippen molar-refractivity contribution in [3.05, 3.63) is 82.0 Å². The molecule has 2 aromatic carbocycles. The summed E-state index contributed by atoms with van der Waals surface area (Å²) in [5, 5.41) is 3.17. The fraction of sp³-hybridized carbons (Fsp3) is 0.0526. The first kappa shape index (κ1) is 19.2. The molecule has 0 aliphatic carbocycles. The highest BCUT2D eigenvalue weighted by molar-refractivity contribution is 6.33. The fourth-order valence-electron chi connectivity index (χ4n) is 2.43. The molecule has 3 aromatic rings. The largest absolute Gasteiger partial charge is 0.418 e. The monoisotopic (exact) mass is 410 g/mol. The van der Waals surface area contributed by atoms with Crippen molar-refractivity contribution < 1.29 is 18.0 Å². The van der Waals surface area contributed by atoms with Crippen LogP contribution in [0.25, 0.3) is 11.3 Å². The van der Waals surface area contributed by atoms with Gasteiger partial charge in [0, 0.05) is 28.0 Å². The van der Waals surface area contributed by atoms with E-state index >= 15 is 0 Å². The number of pyridine rings is 1. The quantitative estimate of drug-likeness (QED) is 0.548. The van der Waals surface area contributed by atoms with E-state index in [0.29, 0.717) is 10.7 Å². The Morgan fingerprint density at radius 1 is 1.00 bits per heavy atom. The number of rotatable bonds is 3. The van der Waals surface area contributed by atoms with Gasteiger partial charge in [-0.25, -0.2) is 0 Å². The van der Waals surface area contributed by atoms with Gasteiger partial charge in [-0.3, -0.25) is 9.78 Å². The third-order valence-corrected chi connectivity index (χ3v) is 4.27. The van der Waals surface area contributed by atoms with E-state index in [9.17, 15) is 18.0 Å². The van der Waals surface area contributed by atoms with Gasteiger partial charge in [0.15, 0.2) is 0 Å². The van der Waals surface area contributed by atoms with Crippen LogP contribution in [0.5, 0.6) is 0 Å². The zero-order valence-corrected chi connectivity index (χ0v) is 15.0. The Balaban J connectivity index is 1.91. The SMILES string of the molecule is O=C(Nc1ccc(Cl)cc1)c1ccc(-c2ncccc2C(F)(F)F)c(Cl)c1. The number of anilines is 1. The van der Waals surface area contributed by atoms with Gasteiger partial charge < -0.3 is 5.32 Å². The Bertz CT molecular complexity index is 989. The Hall–Kier alpha value is -2.57. The highest BCUT2D eigenvalue weighted by atomic mass is 35.5. The number of nitrogens with one attached hydrogen (secondary N) is 1. The van der Waals surface area contributed by atoms with Crippen LogP contribution in [0, 0.1) is 0 Å². The molecule has 1 N–H and O–H groups in total. The molecule has 8 heteroatoms. The fourth-order valence-corrected chi connectivity index (χ4v) is 2.83. The number of aromatic nitrogens is 1. The van der Waals surface area contributed by atoms with Gasteiger partial charge in [0.05, 0.1) is 16.3 Å². The Morgan fingerprint density at radius 3 is 2.33 bits per heavy atom. The Morgan fingerprint density at radius 2 is 1.70 bits per heavy atom. The van der Waals surface area contributed by atoms with E-state index in [1.54, 1.807) is 24.3 Å².